The summed E-state index contributed by atoms with van der Waals surface area (Å²) in [5, 5.41) is 4.05. The van der Waals surface area contributed by atoms with E-state index in [-0.39, 0.29) is 25.2 Å². The van der Waals surface area contributed by atoms with Crippen molar-refractivity contribution in [3.05, 3.63) is 65.2 Å². The van der Waals surface area contributed by atoms with E-state index in [1.807, 2.05) is 60.7 Å². The molecule has 0 aliphatic heterocycles. The second-order valence-corrected chi connectivity index (χ2v) is 7.04. The molecule has 7 heteroatoms. The van der Waals surface area contributed by atoms with Gasteiger partial charge in [0.2, 0.25) is 0 Å². The lowest BCUT2D eigenvalue weighted by Crippen LogP contribution is -2.32. The minimum Gasteiger partial charge on any atom is -0.465 e. The maximum absolute atomic E-state index is 11.0. The number of ether oxygens (including phenoxy) is 2. The summed E-state index contributed by atoms with van der Waals surface area (Å²) in [6.07, 6.45) is 4.05. The van der Waals surface area contributed by atoms with E-state index < -0.39 is 0 Å². The molecule has 0 unspecified atom stereocenters. The summed E-state index contributed by atoms with van der Waals surface area (Å²) in [6.45, 7) is 5.06. The summed E-state index contributed by atoms with van der Waals surface area (Å²) in [5.74, 6) is -0.627. The van der Waals surface area contributed by atoms with Crippen LogP contribution in [-0.2, 0) is 19.1 Å². The van der Waals surface area contributed by atoms with Gasteiger partial charge in [0.05, 0.1) is 0 Å². The quantitative estimate of drug-likeness (QED) is 0.528. The largest absolute Gasteiger partial charge is 0.465 e. The Balaban J connectivity index is 2.00. The van der Waals surface area contributed by atoms with Gasteiger partial charge < -0.3 is 14.8 Å². The van der Waals surface area contributed by atoms with Crippen LogP contribution < -0.4 is 5.32 Å². The van der Waals surface area contributed by atoms with E-state index in [4.69, 9.17) is 21.1 Å². The predicted molar refractivity (Wildman–Crippen MR) is 120 cm³/mol. The highest BCUT2D eigenvalue weighted by molar-refractivity contribution is 6.30. The Labute approximate surface area is 182 Å². The molecule has 0 amide bonds. The first-order valence-corrected chi connectivity index (χ1v) is 10.1. The van der Waals surface area contributed by atoms with E-state index >= 15 is 0 Å². The molecule has 2 aromatic rings. The minimum absolute atomic E-state index is 0.288. The lowest BCUT2D eigenvalue weighted by atomic mass is 10.1. The lowest BCUT2D eigenvalue weighted by Gasteiger charge is -2.20. The number of nitrogens with one attached hydrogen (secondary N) is 1. The molecule has 0 radical (unpaired) electrons. The third-order valence-electron chi connectivity index (χ3n) is 4.15. The van der Waals surface area contributed by atoms with Crippen molar-refractivity contribution in [3.63, 3.8) is 0 Å². The number of hydrogen-bond donors (Lipinski definition) is 1. The monoisotopic (exact) mass is 430 g/mol. The molecule has 2 aromatic carbocycles. The van der Waals surface area contributed by atoms with Crippen LogP contribution in [0.1, 0.15) is 19.4 Å². The molecule has 6 nitrogen and oxygen atoms in total. The highest BCUT2D eigenvalue weighted by Gasteiger charge is 2.06. The Morgan fingerprint density at radius 3 is 2.30 bits per heavy atom. The first-order valence-electron chi connectivity index (χ1n) is 9.71. The Morgan fingerprint density at radius 2 is 1.67 bits per heavy atom. The zero-order chi connectivity index (χ0) is 21.8. The van der Waals surface area contributed by atoms with Crippen LogP contribution in [0.3, 0.4) is 0 Å². The first-order chi connectivity index (χ1) is 14.4. The lowest BCUT2D eigenvalue weighted by molar-refractivity contribution is -0.141. The van der Waals surface area contributed by atoms with Crippen molar-refractivity contribution in [3.8, 4) is 0 Å². The number of halogens is 1. The van der Waals surface area contributed by atoms with E-state index in [1.54, 1.807) is 0 Å². The van der Waals surface area contributed by atoms with Gasteiger partial charge in [-0.25, -0.2) is 0 Å². The second kappa shape index (κ2) is 12.7. The molecule has 0 saturated carbocycles. The molecule has 0 bridgehead atoms. The Kier molecular flexibility index (Phi) is 9.91. The number of carbonyl (C=O) groups excluding carboxylic acids is 2. The van der Waals surface area contributed by atoms with E-state index in [9.17, 15) is 9.59 Å². The fourth-order valence-electron chi connectivity index (χ4n) is 2.74. The molecule has 30 heavy (non-hydrogen) atoms. The topological polar surface area (TPSA) is 67.9 Å². The third-order valence-corrected chi connectivity index (χ3v) is 4.39. The number of para-hydroxylation sites is 1. The summed E-state index contributed by atoms with van der Waals surface area (Å²) >= 11 is 6.07. The van der Waals surface area contributed by atoms with Crippen molar-refractivity contribution in [2.45, 2.75) is 13.8 Å². The second-order valence-electron chi connectivity index (χ2n) is 6.61. The Hall–Kier alpha value is -2.83. The van der Waals surface area contributed by atoms with Crippen LogP contribution in [0.15, 0.2) is 54.6 Å². The summed E-state index contributed by atoms with van der Waals surface area (Å²) in [7, 11) is 0. The van der Waals surface area contributed by atoms with Crippen LogP contribution in [-0.4, -0.2) is 49.7 Å². The van der Waals surface area contributed by atoms with Crippen molar-refractivity contribution in [2.24, 2.45) is 0 Å². The van der Waals surface area contributed by atoms with Crippen LogP contribution >= 0.6 is 11.6 Å². The van der Waals surface area contributed by atoms with Crippen molar-refractivity contribution >= 4 is 41.0 Å². The van der Waals surface area contributed by atoms with Crippen LogP contribution in [0.2, 0.25) is 5.02 Å². The summed E-state index contributed by atoms with van der Waals surface area (Å²) < 4.78 is 10.1. The van der Waals surface area contributed by atoms with Gasteiger partial charge in [0, 0.05) is 49.9 Å². The molecule has 0 fully saturated rings. The molecule has 0 aromatic heterocycles. The van der Waals surface area contributed by atoms with Crippen LogP contribution in [0.4, 0.5) is 11.4 Å². The van der Waals surface area contributed by atoms with Gasteiger partial charge in [-0.05, 0) is 29.8 Å². The maximum atomic E-state index is 11.0. The SMILES string of the molecule is CC(=O)OCCN(C/C=C/c1ccccc1Nc1cccc(Cl)c1)CCOC(C)=O. The molecule has 160 valence electrons. The molecule has 1 N–H and O–H groups in total. The van der Waals surface area contributed by atoms with Crippen molar-refractivity contribution in [1.29, 1.82) is 0 Å². The van der Waals surface area contributed by atoms with Gasteiger partial charge in [-0.15, -0.1) is 0 Å². The standard InChI is InChI=1S/C23H27ClN2O4/c1-18(27)29-15-13-26(14-16-30-19(2)28)12-6-8-20-7-3-4-11-23(20)25-22-10-5-9-21(24)17-22/h3-11,17,25H,12-16H2,1-2H3/b8-6+. The number of nitrogens with zero attached hydrogens (tertiary/aromatic N) is 1. The van der Waals surface area contributed by atoms with E-state index in [0.717, 1.165) is 16.9 Å². The van der Waals surface area contributed by atoms with Gasteiger partial charge in [0.15, 0.2) is 0 Å². The van der Waals surface area contributed by atoms with Gasteiger partial charge in [0.25, 0.3) is 0 Å². The van der Waals surface area contributed by atoms with Gasteiger partial charge in [-0.2, -0.15) is 0 Å². The molecule has 0 spiro atoms. The molecule has 0 aliphatic rings. The smallest absolute Gasteiger partial charge is 0.302 e. The molecule has 0 heterocycles. The van der Waals surface area contributed by atoms with Crippen LogP contribution in [0.25, 0.3) is 6.08 Å². The number of benzene rings is 2. The number of hydrogen-bond acceptors (Lipinski definition) is 6. The van der Waals surface area contributed by atoms with Gasteiger partial charge in [-0.3, -0.25) is 14.5 Å². The third kappa shape index (κ3) is 9.11. The average Bonchev–Trinajstić information content (AvgIpc) is 2.68. The Morgan fingerprint density at radius 1 is 1.00 bits per heavy atom. The summed E-state index contributed by atoms with van der Waals surface area (Å²) in [4.78, 5) is 24.0. The molecule has 0 atom stereocenters. The van der Waals surface area contributed by atoms with Gasteiger partial charge in [0.1, 0.15) is 13.2 Å². The highest BCUT2D eigenvalue weighted by Crippen LogP contribution is 2.24. The van der Waals surface area contributed by atoms with Gasteiger partial charge >= 0.3 is 11.9 Å². The molecule has 0 saturated heterocycles. The number of esters is 2. The number of carbonyl (C=O) groups is 2. The first kappa shape index (κ1) is 23.4. The molecular weight excluding hydrogens is 404 g/mol. The maximum Gasteiger partial charge on any atom is 0.302 e. The number of anilines is 2. The predicted octanol–water partition coefficient (Wildman–Crippen LogP) is 4.53. The molecule has 2 rings (SSSR count). The van der Waals surface area contributed by atoms with Crippen molar-refractivity contribution in [2.75, 3.05) is 38.2 Å². The van der Waals surface area contributed by atoms with Crippen molar-refractivity contribution in [1.82, 2.24) is 4.90 Å². The van der Waals surface area contributed by atoms with E-state index in [0.29, 0.717) is 24.7 Å². The summed E-state index contributed by atoms with van der Waals surface area (Å²) in [5.41, 5.74) is 2.90. The highest BCUT2D eigenvalue weighted by atomic mass is 35.5. The molecule has 0 aliphatic carbocycles. The molecular formula is C23H27ClN2O4. The van der Waals surface area contributed by atoms with Gasteiger partial charge in [-0.1, -0.05) is 48.0 Å². The fourth-order valence-corrected chi connectivity index (χ4v) is 2.93. The normalized spacial score (nSPS) is 10.9. The Bertz CT molecular complexity index is 850. The fraction of sp³-hybridized carbons (Fsp3) is 0.304. The zero-order valence-electron chi connectivity index (χ0n) is 17.3. The van der Waals surface area contributed by atoms with E-state index in [1.165, 1.54) is 13.8 Å². The average molecular weight is 431 g/mol. The van der Waals surface area contributed by atoms with Crippen molar-refractivity contribution < 1.29 is 19.1 Å². The zero-order valence-corrected chi connectivity index (χ0v) is 18.0. The number of rotatable bonds is 11. The van der Waals surface area contributed by atoms with Crippen LogP contribution in [0.5, 0.6) is 0 Å². The minimum atomic E-state index is -0.313. The summed E-state index contributed by atoms with van der Waals surface area (Å²) in [6, 6.07) is 15.5. The van der Waals surface area contributed by atoms with E-state index in [2.05, 4.69) is 10.2 Å². The van der Waals surface area contributed by atoms with Crippen LogP contribution in [0, 0.1) is 0 Å².